The lowest BCUT2D eigenvalue weighted by Crippen LogP contribution is -2.11. The van der Waals surface area contributed by atoms with Crippen LogP contribution in [0.5, 0.6) is 5.75 Å². The predicted molar refractivity (Wildman–Crippen MR) is 99.2 cm³/mol. The van der Waals surface area contributed by atoms with E-state index in [9.17, 15) is 18.0 Å². The van der Waals surface area contributed by atoms with Crippen molar-refractivity contribution in [2.75, 3.05) is 0 Å². The fourth-order valence-electron chi connectivity index (χ4n) is 2.89. The zero-order valence-electron chi connectivity index (χ0n) is 14.8. The lowest BCUT2D eigenvalue weighted by Gasteiger charge is -2.15. The predicted octanol–water partition coefficient (Wildman–Crippen LogP) is 3.98. The van der Waals surface area contributed by atoms with Gasteiger partial charge in [-0.2, -0.15) is 13.2 Å². The van der Waals surface area contributed by atoms with E-state index in [0.717, 1.165) is 11.6 Å². The van der Waals surface area contributed by atoms with Crippen LogP contribution in [0.2, 0.25) is 0 Å². The molecule has 4 aromatic rings. The van der Waals surface area contributed by atoms with Crippen molar-refractivity contribution in [1.82, 2.24) is 20.4 Å². The molecule has 0 bridgehead atoms. The number of ether oxygens (including phenoxy) is 1. The second-order valence-electron chi connectivity index (χ2n) is 6.18. The quantitative estimate of drug-likeness (QED) is 0.563. The van der Waals surface area contributed by atoms with Crippen LogP contribution in [-0.2, 0) is 12.8 Å². The number of rotatable bonds is 4. The monoisotopic (exact) mass is 398 g/mol. The minimum Gasteiger partial charge on any atom is -0.488 e. The normalized spacial score (nSPS) is 11.6. The number of aromatic amines is 1. The van der Waals surface area contributed by atoms with Gasteiger partial charge in [0.05, 0.1) is 16.6 Å². The highest BCUT2D eigenvalue weighted by molar-refractivity contribution is 5.90. The highest BCUT2D eigenvalue weighted by Gasteiger charge is 2.35. The number of H-pyrrole nitrogens is 1. The standard InChI is InChI=1S/C20H13F3N4O2/c21-20(22,23)15-10-13(6-7-16(15)29-11-12-4-2-1-3-5-12)17-18-14(8-9-24-17)19(28)26-27-25-18/h1-10H,11H2,(H,25,26,28). The number of aromatic nitrogens is 4. The maximum absolute atomic E-state index is 13.7. The Morgan fingerprint density at radius 3 is 2.59 bits per heavy atom. The Labute approximate surface area is 162 Å². The molecule has 0 amide bonds. The minimum atomic E-state index is -4.64. The molecule has 6 nitrogen and oxygen atoms in total. The first-order chi connectivity index (χ1) is 13.9. The number of benzene rings is 2. The number of alkyl halides is 3. The molecule has 0 unspecified atom stereocenters. The Kier molecular flexibility index (Phi) is 4.71. The van der Waals surface area contributed by atoms with E-state index in [0.29, 0.717) is 0 Å². The molecule has 4 rings (SSSR count). The second kappa shape index (κ2) is 7.34. The van der Waals surface area contributed by atoms with Crippen molar-refractivity contribution in [1.29, 1.82) is 0 Å². The van der Waals surface area contributed by atoms with Crippen LogP contribution < -0.4 is 10.3 Å². The van der Waals surface area contributed by atoms with Gasteiger partial charge in [-0.1, -0.05) is 35.5 Å². The maximum atomic E-state index is 13.7. The smallest absolute Gasteiger partial charge is 0.419 e. The molecule has 146 valence electrons. The van der Waals surface area contributed by atoms with Crippen molar-refractivity contribution < 1.29 is 17.9 Å². The Hall–Kier alpha value is -3.75. The summed E-state index contributed by atoms with van der Waals surface area (Å²) in [5.41, 5.74) is -0.312. The number of nitrogens with zero attached hydrogens (tertiary/aromatic N) is 3. The average molecular weight is 398 g/mol. The van der Waals surface area contributed by atoms with Crippen LogP contribution in [0.1, 0.15) is 11.1 Å². The van der Waals surface area contributed by atoms with Crippen LogP contribution in [0.3, 0.4) is 0 Å². The number of nitrogens with one attached hydrogen (secondary N) is 1. The summed E-state index contributed by atoms with van der Waals surface area (Å²) in [6.07, 6.45) is -3.31. The molecule has 0 saturated heterocycles. The first-order valence-electron chi connectivity index (χ1n) is 8.52. The Morgan fingerprint density at radius 2 is 1.83 bits per heavy atom. The van der Waals surface area contributed by atoms with Crippen molar-refractivity contribution in [3.05, 3.63) is 82.3 Å². The van der Waals surface area contributed by atoms with E-state index in [1.807, 2.05) is 6.07 Å². The average Bonchev–Trinajstić information content (AvgIpc) is 2.72. The zero-order valence-corrected chi connectivity index (χ0v) is 14.8. The minimum absolute atomic E-state index is 0.00334. The molecule has 9 heteroatoms. The number of hydrogen-bond acceptors (Lipinski definition) is 5. The zero-order chi connectivity index (χ0) is 20.4. The van der Waals surface area contributed by atoms with Gasteiger partial charge in [0.15, 0.2) is 0 Å². The van der Waals surface area contributed by atoms with Gasteiger partial charge in [0.1, 0.15) is 17.9 Å². The van der Waals surface area contributed by atoms with Crippen molar-refractivity contribution >= 4 is 10.9 Å². The Balaban J connectivity index is 1.77. The fourth-order valence-corrected chi connectivity index (χ4v) is 2.89. The summed E-state index contributed by atoms with van der Waals surface area (Å²) in [6.45, 7) is -0.00334. The molecule has 2 aromatic carbocycles. The van der Waals surface area contributed by atoms with Gasteiger partial charge in [0.2, 0.25) is 0 Å². The van der Waals surface area contributed by atoms with E-state index in [-0.39, 0.29) is 34.5 Å². The first kappa shape index (κ1) is 18.6. The Morgan fingerprint density at radius 1 is 1.03 bits per heavy atom. The largest absolute Gasteiger partial charge is 0.488 e. The van der Waals surface area contributed by atoms with Crippen LogP contribution in [-0.4, -0.2) is 20.4 Å². The SMILES string of the molecule is O=c1[nH]nnc2c(-c3ccc(OCc4ccccc4)c(C(F)(F)F)c3)nccc12. The van der Waals surface area contributed by atoms with E-state index >= 15 is 0 Å². The van der Waals surface area contributed by atoms with E-state index in [4.69, 9.17) is 4.74 Å². The number of hydrogen-bond donors (Lipinski definition) is 1. The van der Waals surface area contributed by atoms with E-state index in [2.05, 4.69) is 20.4 Å². The first-order valence-corrected chi connectivity index (χ1v) is 8.52. The van der Waals surface area contributed by atoms with E-state index in [1.54, 1.807) is 24.3 Å². The molecule has 0 atom stereocenters. The van der Waals surface area contributed by atoms with Crippen molar-refractivity contribution in [2.24, 2.45) is 0 Å². The molecule has 0 fully saturated rings. The summed E-state index contributed by atoms with van der Waals surface area (Å²) in [7, 11) is 0. The van der Waals surface area contributed by atoms with E-state index < -0.39 is 17.3 Å². The molecule has 0 radical (unpaired) electrons. The van der Waals surface area contributed by atoms with Gasteiger partial charge in [-0.25, -0.2) is 5.10 Å². The number of pyridine rings is 1. The number of fused-ring (bicyclic) bond motifs is 1. The molecule has 2 aromatic heterocycles. The van der Waals surface area contributed by atoms with Crippen LogP contribution in [0.25, 0.3) is 22.2 Å². The molecule has 0 aliphatic rings. The Bertz CT molecular complexity index is 1220. The van der Waals surface area contributed by atoms with Gasteiger partial charge >= 0.3 is 6.18 Å². The summed E-state index contributed by atoms with van der Waals surface area (Å²) in [5, 5.41) is 9.67. The van der Waals surface area contributed by atoms with E-state index in [1.165, 1.54) is 24.4 Å². The summed E-state index contributed by atoms with van der Waals surface area (Å²) in [5.74, 6) is -0.297. The molecule has 2 heterocycles. The molecule has 1 N–H and O–H groups in total. The highest BCUT2D eigenvalue weighted by Crippen LogP contribution is 2.39. The van der Waals surface area contributed by atoms with Crippen LogP contribution in [0.15, 0.2) is 65.6 Å². The summed E-state index contributed by atoms with van der Waals surface area (Å²) in [4.78, 5) is 16.0. The molecule has 0 aliphatic heterocycles. The van der Waals surface area contributed by atoms with Gasteiger partial charge in [-0.05, 0) is 29.8 Å². The summed E-state index contributed by atoms with van der Waals surface area (Å²) < 4.78 is 46.4. The van der Waals surface area contributed by atoms with Gasteiger partial charge < -0.3 is 4.74 Å². The van der Waals surface area contributed by atoms with Crippen molar-refractivity contribution in [3.8, 4) is 17.0 Å². The van der Waals surface area contributed by atoms with Gasteiger partial charge in [-0.3, -0.25) is 9.78 Å². The van der Waals surface area contributed by atoms with Crippen LogP contribution in [0.4, 0.5) is 13.2 Å². The molecular formula is C20H13F3N4O2. The topological polar surface area (TPSA) is 80.8 Å². The third-order valence-corrected chi connectivity index (χ3v) is 4.27. The van der Waals surface area contributed by atoms with Gasteiger partial charge in [-0.15, -0.1) is 5.10 Å². The molecule has 0 spiro atoms. The molecule has 29 heavy (non-hydrogen) atoms. The summed E-state index contributed by atoms with van der Waals surface area (Å²) >= 11 is 0. The maximum Gasteiger partial charge on any atom is 0.419 e. The lowest BCUT2D eigenvalue weighted by atomic mass is 10.0. The molecule has 0 saturated carbocycles. The van der Waals surface area contributed by atoms with Crippen LogP contribution in [0, 0.1) is 0 Å². The van der Waals surface area contributed by atoms with Crippen molar-refractivity contribution in [2.45, 2.75) is 12.8 Å². The van der Waals surface area contributed by atoms with Crippen LogP contribution >= 0.6 is 0 Å². The van der Waals surface area contributed by atoms with Gasteiger partial charge in [0, 0.05) is 11.8 Å². The third kappa shape index (κ3) is 3.79. The highest BCUT2D eigenvalue weighted by atomic mass is 19.4. The van der Waals surface area contributed by atoms with Crippen molar-refractivity contribution in [3.63, 3.8) is 0 Å². The lowest BCUT2D eigenvalue weighted by molar-refractivity contribution is -0.139. The fraction of sp³-hybridized carbons (Fsp3) is 0.100. The molecular weight excluding hydrogens is 385 g/mol. The third-order valence-electron chi connectivity index (χ3n) is 4.27. The molecule has 0 aliphatic carbocycles. The van der Waals surface area contributed by atoms with Gasteiger partial charge in [0.25, 0.3) is 5.56 Å². The second-order valence-corrected chi connectivity index (χ2v) is 6.18. The summed E-state index contributed by atoms with van der Waals surface area (Å²) in [6, 6.07) is 13.9. The number of halogens is 3.